The van der Waals surface area contributed by atoms with Gasteiger partial charge in [-0.15, -0.1) is 0 Å². The highest BCUT2D eigenvalue weighted by Gasteiger charge is 2.47. The second-order valence-corrected chi connectivity index (χ2v) is 9.80. The van der Waals surface area contributed by atoms with E-state index in [9.17, 15) is 14.7 Å². The summed E-state index contributed by atoms with van der Waals surface area (Å²) in [7, 11) is 1.95. The maximum Gasteiger partial charge on any atom is 0.300 e. The van der Waals surface area contributed by atoms with Gasteiger partial charge in [0, 0.05) is 18.3 Å². The number of ether oxygens (including phenoxy) is 2. The summed E-state index contributed by atoms with van der Waals surface area (Å²) in [5.41, 5.74) is 3.57. The number of nitrogens with zero attached hydrogens (tertiary/aromatic N) is 2. The van der Waals surface area contributed by atoms with Crippen molar-refractivity contribution in [3.63, 3.8) is 0 Å². The highest BCUT2D eigenvalue weighted by Crippen LogP contribution is 2.43. The van der Waals surface area contributed by atoms with Crippen LogP contribution in [0.5, 0.6) is 11.5 Å². The number of para-hydroxylation sites is 1. The van der Waals surface area contributed by atoms with Gasteiger partial charge in [-0.1, -0.05) is 60.7 Å². The molecular weight excluding hydrogens is 504 g/mol. The van der Waals surface area contributed by atoms with E-state index >= 15 is 0 Å². The number of aliphatic hydroxyl groups excluding tert-OH is 1. The van der Waals surface area contributed by atoms with Crippen molar-refractivity contribution in [2.24, 2.45) is 0 Å². The largest absolute Gasteiger partial charge is 0.507 e. The third kappa shape index (κ3) is 4.66. The first-order valence-electron chi connectivity index (χ1n) is 13.1. The van der Waals surface area contributed by atoms with Gasteiger partial charge in [0.05, 0.1) is 23.8 Å². The van der Waals surface area contributed by atoms with Gasteiger partial charge < -0.3 is 19.5 Å². The van der Waals surface area contributed by atoms with Crippen LogP contribution in [0.15, 0.2) is 109 Å². The van der Waals surface area contributed by atoms with Gasteiger partial charge in [-0.25, -0.2) is 0 Å². The molecule has 1 amide bonds. The standard InChI is InChI=1S/C33H28N2O5/c1-34-18-19-39-28-17-14-24(20-27(28)34)31(36)29-30(35(33(38)32(29)37)25-10-6-3-7-11-25)23-12-15-26(16-13-23)40-21-22-8-4-2-5-9-22/h2-17,20,30,36H,18-19,21H2,1H3/b31-29-. The van der Waals surface area contributed by atoms with Crippen LogP contribution >= 0.6 is 0 Å². The predicted octanol–water partition coefficient (Wildman–Crippen LogP) is 5.72. The first-order chi connectivity index (χ1) is 19.5. The molecule has 1 saturated heterocycles. The zero-order valence-electron chi connectivity index (χ0n) is 22.0. The molecule has 0 bridgehead atoms. The quantitative estimate of drug-likeness (QED) is 0.194. The number of Topliss-reactive ketones (excluding diaryl/α,β-unsaturated/α-hetero) is 1. The highest BCUT2D eigenvalue weighted by molar-refractivity contribution is 6.51. The smallest absolute Gasteiger partial charge is 0.300 e. The number of hydrogen-bond donors (Lipinski definition) is 1. The van der Waals surface area contributed by atoms with Gasteiger partial charge in [0.15, 0.2) is 0 Å². The first kappa shape index (κ1) is 25.2. The molecule has 7 heteroatoms. The molecule has 1 unspecified atom stereocenters. The molecular formula is C33H28N2O5. The summed E-state index contributed by atoms with van der Waals surface area (Å²) in [6.07, 6.45) is 0. The van der Waals surface area contributed by atoms with Gasteiger partial charge in [-0.2, -0.15) is 0 Å². The van der Waals surface area contributed by atoms with Gasteiger partial charge in [0.25, 0.3) is 11.7 Å². The Bertz CT molecular complexity index is 1580. The number of hydrogen-bond acceptors (Lipinski definition) is 6. The molecule has 40 heavy (non-hydrogen) atoms. The Morgan fingerprint density at radius 2 is 1.62 bits per heavy atom. The number of likely N-dealkylation sites (N-methyl/N-ethyl adjacent to an activating group) is 1. The second-order valence-electron chi connectivity index (χ2n) is 9.80. The average molecular weight is 533 g/mol. The molecule has 6 rings (SSSR count). The Morgan fingerprint density at radius 3 is 2.35 bits per heavy atom. The van der Waals surface area contributed by atoms with E-state index in [1.807, 2.05) is 84.7 Å². The molecule has 1 N–H and O–H groups in total. The van der Waals surface area contributed by atoms with Crippen LogP contribution in [-0.4, -0.2) is 37.0 Å². The summed E-state index contributed by atoms with van der Waals surface area (Å²) in [5.74, 6) is -0.300. The number of anilines is 2. The monoisotopic (exact) mass is 532 g/mol. The Labute approximate surface area is 232 Å². The van der Waals surface area contributed by atoms with E-state index in [2.05, 4.69) is 0 Å². The van der Waals surface area contributed by atoms with Crippen LogP contribution in [0.1, 0.15) is 22.7 Å². The molecule has 4 aromatic carbocycles. The molecule has 7 nitrogen and oxygen atoms in total. The van der Waals surface area contributed by atoms with Crippen molar-refractivity contribution in [2.75, 3.05) is 30.0 Å². The van der Waals surface area contributed by atoms with Crippen LogP contribution in [0.2, 0.25) is 0 Å². The summed E-state index contributed by atoms with van der Waals surface area (Å²) in [5, 5.41) is 11.6. The van der Waals surface area contributed by atoms with Crippen molar-refractivity contribution in [1.29, 1.82) is 0 Å². The third-order valence-corrected chi connectivity index (χ3v) is 7.25. The lowest BCUT2D eigenvalue weighted by molar-refractivity contribution is -0.132. The molecule has 2 heterocycles. The minimum atomic E-state index is -0.824. The molecule has 0 aliphatic carbocycles. The van der Waals surface area contributed by atoms with Gasteiger partial charge in [0.2, 0.25) is 0 Å². The third-order valence-electron chi connectivity index (χ3n) is 7.25. The zero-order chi connectivity index (χ0) is 27.6. The number of aliphatic hydroxyl groups is 1. The predicted molar refractivity (Wildman–Crippen MR) is 154 cm³/mol. The molecule has 4 aromatic rings. The maximum atomic E-state index is 13.5. The lowest BCUT2D eigenvalue weighted by Crippen LogP contribution is -2.29. The van der Waals surface area contributed by atoms with Crippen LogP contribution < -0.4 is 19.3 Å². The van der Waals surface area contributed by atoms with Crippen molar-refractivity contribution in [3.8, 4) is 11.5 Å². The number of benzene rings is 4. The van der Waals surface area contributed by atoms with E-state index in [-0.39, 0.29) is 11.3 Å². The Kier molecular flexibility index (Phi) is 6.70. The lowest BCUT2D eigenvalue weighted by atomic mass is 9.94. The average Bonchev–Trinajstić information content (AvgIpc) is 3.27. The van der Waals surface area contributed by atoms with Crippen molar-refractivity contribution in [3.05, 3.63) is 125 Å². The summed E-state index contributed by atoms with van der Waals surface area (Å²) in [6, 6.07) is 30.6. The molecule has 0 radical (unpaired) electrons. The Balaban J connectivity index is 1.40. The summed E-state index contributed by atoms with van der Waals surface area (Å²) in [6.45, 7) is 1.69. The molecule has 1 atom stereocenters. The van der Waals surface area contributed by atoms with Gasteiger partial charge in [-0.3, -0.25) is 14.5 Å². The number of carbonyl (C=O) groups is 2. The van der Waals surface area contributed by atoms with Crippen molar-refractivity contribution < 1.29 is 24.2 Å². The number of fused-ring (bicyclic) bond motifs is 1. The fourth-order valence-electron chi connectivity index (χ4n) is 5.14. The molecule has 2 aliphatic heterocycles. The van der Waals surface area contributed by atoms with E-state index in [0.29, 0.717) is 48.1 Å². The van der Waals surface area contributed by atoms with E-state index in [0.717, 1.165) is 11.3 Å². The fourth-order valence-corrected chi connectivity index (χ4v) is 5.14. The molecule has 2 aliphatic rings. The van der Waals surface area contributed by atoms with E-state index < -0.39 is 17.7 Å². The summed E-state index contributed by atoms with van der Waals surface area (Å²) < 4.78 is 11.7. The summed E-state index contributed by atoms with van der Waals surface area (Å²) >= 11 is 0. The van der Waals surface area contributed by atoms with Gasteiger partial charge in [0.1, 0.15) is 30.5 Å². The van der Waals surface area contributed by atoms with Crippen LogP contribution in [0.3, 0.4) is 0 Å². The molecule has 1 fully saturated rings. The normalized spacial score (nSPS) is 17.9. The number of carbonyl (C=O) groups excluding carboxylic acids is 2. The topological polar surface area (TPSA) is 79.3 Å². The second kappa shape index (κ2) is 10.6. The van der Waals surface area contributed by atoms with E-state index in [1.165, 1.54) is 4.90 Å². The minimum absolute atomic E-state index is 0.0335. The van der Waals surface area contributed by atoms with E-state index in [1.54, 1.807) is 30.3 Å². The number of ketones is 1. The van der Waals surface area contributed by atoms with Crippen molar-refractivity contribution >= 4 is 28.8 Å². The lowest BCUT2D eigenvalue weighted by Gasteiger charge is -2.28. The molecule has 200 valence electrons. The SMILES string of the molecule is CN1CCOc2ccc(/C(O)=C3/C(=O)C(=O)N(c4ccccc4)C3c3ccc(OCc4ccccc4)cc3)cc21. The highest BCUT2D eigenvalue weighted by atomic mass is 16.5. The molecule has 0 saturated carbocycles. The van der Waals surface area contributed by atoms with Crippen LogP contribution in [-0.2, 0) is 16.2 Å². The van der Waals surface area contributed by atoms with Crippen molar-refractivity contribution in [2.45, 2.75) is 12.6 Å². The zero-order valence-corrected chi connectivity index (χ0v) is 22.0. The number of rotatable bonds is 6. The first-order valence-corrected chi connectivity index (χ1v) is 13.1. The Hall–Kier alpha value is -5.04. The van der Waals surface area contributed by atoms with Gasteiger partial charge in [-0.05, 0) is 53.6 Å². The molecule has 0 spiro atoms. The van der Waals surface area contributed by atoms with Crippen LogP contribution in [0.4, 0.5) is 11.4 Å². The van der Waals surface area contributed by atoms with Gasteiger partial charge >= 0.3 is 0 Å². The van der Waals surface area contributed by atoms with E-state index in [4.69, 9.17) is 9.47 Å². The number of amides is 1. The van der Waals surface area contributed by atoms with Crippen LogP contribution in [0, 0.1) is 0 Å². The maximum absolute atomic E-state index is 13.5. The summed E-state index contributed by atoms with van der Waals surface area (Å²) in [4.78, 5) is 30.4. The van der Waals surface area contributed by atoms with Crippen LogP contribution in [0.25, 0.3) is 5.76 Å². The molecule has 0 aromatic heterocycles. The Morgan fingerprint density at radius 1 is 0.925 bits per heavy atom. The van der Waals surface area contributed by atoms with Crippen molar-refractivity contribution in [1.82, 2.24) is 0 Å². The fraction of sp³-hybridized carbons (Fsp3) is 0.152. The minimum Gasteiger partial charge on any atom is -0.507 e.